The minimum atomic E-state index is 0.203. The van der Waals surface area contributed by atoms with E-state index in [1.165, 1.54) is 0 Å². The highest BCUT2D eigenvalue weighted by atomic mass is 32.2. The zero-order chi connectivity index (χ0) is 11.5. The van der Waals surface area contributed by atoms with Crippen molar-refractivity contribution >= 4 is 29.0 Å². The van der Waals surface area contributed by atoms with Gasteiger partial charge in [0.05, 0.1) is 5.69 Å². The first-order valence-electron chi connectivity index (χ1n) is 5.55. The first-order chi connectivity index (χ1) is 7.72. The number of anilines is 2. The number of thioether (sulfide) groups is 1. The van der Waals surface area contributed by atoms with Crippen LogP contribution in [-0.2, 0) is 4.79 Å². The minimum Gasteiger partial charge on any atom is -0.399 e. The van der Waals surface area contributed by atoms with Crippen LogP contribution in [0.2, 0.25) is 0 Å². The zero-order valence-corrected chi connectivity index (χ0v) is 10.2. The molecule has 0 fully saturated rings. The van der Waals surface area contributed by atoms with E-state index >= 15 is 0 Å². The molecule has 1 aliphatic heterocycles. The van der Waals surface area contributed by atoms with Crippen molar-refractivity contribution in [3.05, 3.63) is 18.2 Å². The molecular weight excluding hydrogens is 220 g/mol. The maximum absolute atomic E-state index is 11.9. The smallest absolute Gasteiger partial charge is 0.227 e. The molecule has 0 unspecified atom stereocenters. The maximum atomic E-state index is 11.9. The molecular formula is C12H16N2OS. The van der Waals surface area contributed by atoms with E-state index < -0.39 is 0 Å². The summed E-state index contributed by atoms with van der Waals surface area (Å²) in [6.45, 7) is 2.82. The highest BCUT2D eigenvalue weighted by molar-refractivity contribution is 7.99. The van der Waals surface area contributed by atoms with E-state index in [0.29, 0.717) is 6.42 Å². The van der Waals surface area contributed by atoms with Crippen molar-refractivity contribution in [2.45, 2.75) is 24.7 Å². The largest absolute Gasteiger partial charge is 0.399 e. The first kappa shape index (κ1) is 11.3. The molecule has 0 aromatic heterocycles. The molecule has 16 heavy (non-hydrogen) atoms. The second-order valence-corrected chi connectivity index (χ2v) is 5.01. The number of nitrogens with two attached hydrogens (primary N) is 1. The van der Waals surface area contributed by atoms with Crippen LogP contribution in [0.4, 0.5) is 11.4 Å². The fraction of sp³-hybridized carbons (Fsp3) is 0.417. The van der Waals surface area contributed by atoms with Crippen LogP contribution in [-0.4, -0.2) is 18.2 Å². The number of carbonyl (C=O) groups is 1. The molecule has 0 saturated heterocycles. The summed E-state index contributed by atoms with van der Waals surface area (Å²) < 4.78 is 0. The van der Waals surface area contributed by atoms with Crippen LogP contribution in [0.15, 0.2) is 23.1 Å². The Morgan fingerprint density at radius 2 is 2.38 bits per heavy atom. The molecule has 1 aromatic rings. The molecule has 2 N–H and O–H groups in total. The van der Waals surface area contributed by atoms with Gasteiger partial charge in [-0.2, -0.15) is 0 Å². The summed E-state index contributed by atoms with van der Waals surface area (Å²) in [5, 5.41) is 0. The molecule has 0 atom stereocenters. The summed E-state index contributed by atoms with van der Waals surface area (Å²) in [5.74, 6) is 1.17. The third-order valence-corrected chi connectivity index (χ3v) is 3.65. The number of benzene rings is 1. The van der Waals surface area contributed by atoms with E-state index in [0.717, 1.165) is 35.0 Å². The monoisotopic (exact) mass is 236 g/mol. The predicted octanol–water partition coefficient (Wildman–Crippen LogP) is 2.51. The van der Waals surface area contributed by atoms with E-state index in [1.54, 1.807) is 11.8 Å². The average Bonchev–Trinajstić information content (AvgIpc) is 2.28. The van der Waals surface area contributed by atoms with Gasteiger partial charge in [-0.15, -0.1) is 11.8 Å². The van der Waals surface area contributed by atoms with Crippen LogP contribution < -0.4 is 10.6 Å². The Balaban J connectivity index is 2.31. The predicted molar refractivity (Wildman–Crippen MR) is 68.8 cm³/mol. The first-order valence-corrected chi connectivity index (χ1v) is 6.53. The Bertz CT molecular complexity index is 406. The number of fused-ring (bicyclic) bond motifs is 1. The summed E-state index contributed by atoms with van der Waals surface area (Å²) in [7, 11) is 0. The summed E-state index contributed by atoms with van der Waals surface area (Å²) in [6, 6.07) is 5.79. The van der Waals surface area contributed by atoms with E-state index in [-0.39, 0.29) is 5.91 Å². The minimum absolute atomic E-state index is 0.203. The molecule has 0 aliphatic carbocycles. The van der Waals surface area contributed by atoms with Crippen LogP contribution in [0.5, 0.6) is 0 Å². The van der Waals surface area contributed by atoms with Crippen molar-refractivity contribution in [2.75, 3.05) is 22.9 Å². The Morgan fingerprint density at radius 1 is 1.56 bits per heavy atom. The summed E-state index contributed by atoms with van der Waals surface area (Å²) in [4.78, 5) is 15.0. The maximum Gasteiger partial charge on any atom is 0.227 e. The number of carbonyl (C=O) groups excluding carboxylic acids is 1. The van der Waals surface area contributed by atoms with Gasteiger partial charge in [-0.05, 0) is 24.6 Å². The van der Waals surface area contributed by atoms with Gasteiger partial charge in [-0.1, -0.05) is 6.92 Å². The van der Waals surface area contributed by atoms with Gasteiger partial charge in [0.1, 0.15) is 0 Å². The fourth-order valence-corrected chi connectivity index (χ4v) is 2.82. The highest BCUT2D eigenvalue weighted by Crippen LogP contribution is 2.36. The lowest BCUT2D eigenvalue weighted by atomic mass is 10.2. The van der Waals surface area contributed by atoms with Crippen LogP contribution in [0, 0.1) is 0 Å². The lowest BCUT2D eigenvalue weighted by Gasteiger charge is -2.29. The van der Waals surface area contributed by atoms with Gasteiger partial charge in [-0.25, -0.2) is 0 Å². The number of nitrogen functional groups attached to an aromatic ring is 1. The van der Waals surface area contributed by atoms with Gasteiger partial charge in [0.2, 0.25) is 5.91 Å². The average molecular weight is 236 g/mol. The van der Waals surface area contributed by atoms with Gasteiger partial charge < -0.3 is 10.6 Å². The zero-order valence-electron chi connectivity index (χ0n) is 9.40. The summed E-state index contributed by atoms with van der Waals surface area (Å²) in [6.07, 6.45) is 1.50. The van der Waals surface area contributed by atoms with Crippen molar-refractivity contribution < 1.29 is 4.79 Å². The van der Waals surface area contributed by atoms with Crippen LogP contribution in [0.25, 0.3) is 0 Å². The van der Waals surface area contributed by atoms with Crippen molar-refractivity contribution in [3.63, 3.8) is 0 Å². The molecule has 2 rings (SSSR count). The van der Waals surface area contributed by atoms with Gasteiger partial charge in [0, 0.05) is 29.3 Å². The molecule has 0 spiro atoms. The SMILES string of the molecule is CCCC(=O)N1CCSc2ccc(N)cc21. The van der Waals surface area contributed by atoms with Crippen molar-refractivity contribution in [1.82, 2.24) is 0 Å². The highest BCUT2D eigenvalue weighted by Gasteiger charge is 2.22. The van der Waals surface area contributed by atoms with Crippen molar-refractivity contribution in [2.24, 2.45) is 0 Å². The van der Waals surface area contributed by atoms with Gasteiger partial charge in [0.15, 0.2) is 0 Å². The molecule has 0 bridgehead atoms. The molecule has 1 amide bonds. The Kier molecular flexibility index (Phi) is 3.39. The number of hydrogen-bond acceptors (Lipinski definition) is 3. The van der Waals surface area contributed by atoms with Crippen LogP contribution >= 0.6 is 11.8 Å². The summed E-state index contributed by atoms with van der Waals surface area (Å²) >= 11 is 1.79. The van der Waals surface area contributed by atoms with Gasteiger partial charge >= 0.3 is 0 Å². The molecule has 86 valence electrons. The topological polar surface area (TPSA) is 46.3 Å². The Labute approximate surface area is 100.0 Å². The van der Waals surface area contributed by atoms with Gasteiger partial charge in [-0.3, -0.25) is 4.79 Å². The molecule has 1 aromatic carbocycles. The lowest BCUT2D eigenvalue weighted by molar-refractivity contribution is -0.118. The molecule has 1 aliphatic rings. The molecule has 0 radical (unpaired) electrons. The second kappa shape index (κ2) is 4.78. The Hall–Kier alpha value is -1.16. The molecule has 4 heteroatoms. The number of rotatable bonds is 2. The van der Waals surface area contributed by atoms with E-state index in [1.807, 2.05) is 30.0 Å². The van der Waals surface area contributed by atoms with Crippen LogP contribution in [0.1, 0.15) is 19.8 Å². The van der Waals surface area contributed by atoms with E-state index in [4.69, 9.17) is 5.73 Å². The molecule has 0 saturated carbocycles. The quantitative estimate of drug-likeness (QED) is 0.803. The third kappa shape index (κ3) is 2.16. The Morgan fingerprint density at radius 3 is 3.12 bits per heavy atom. The molecule has 1 heterocycles. The van der Waals surface area contributed by atoms with Crippen LogP contribution in [0.3, 0.4) is 0 Å². The standard InChI is InChI=1S/C12H16N2OS/c1-2-3-12(15)14-6-7-16-11-5-4-9(13)8-10(11)14/h4-5,8H,2-3,6-7,13H2,1H3. The lowest BCUT2D eigenvalue weighted by Crippen LogP contribution is -2.35. The van der Waals surface area contributed by atoms with Gasteiger partial charge in [0.25, 0.3) is 0 Å². The van der Waals surface area contributed by atoms with Crippen molar-refractivity contribution in [3.8, 4) is 0 Å². The number of hydrogen-bond donors (Lipinski definition) is 1. The number of amides is 1. The fourth-order valence-electron chi connectivity index (χ4n) is 1.84. The molecule has 3 nitrogen and oxygen atoms in total. The normalized spacial score (nSPS) is 14.7. The number of nitrogens with zero attached hydrogens (tertiary/aromatic N) is 1. The third-order valence-electron chi connectivity index (χ3n) is 2.61. The van der Waals surface area contributed by atoms with E-state index in [2.05, 4.69) is 0 Å². The second-order valence-electron chi connectivity index (χ2n) is 3.87. The summed E-state index contributed by atoms with van der Waals surface area (Å²) in [5.41, 5.74) is 7.47. The van der Waals surface area contributed by atoms with E-state index in [9.17, 15) is 4.79 Å². The van der Waals surface area contributed by atoms with Crippen molar-refractivity contribution in [1.29, 1.82) is 0 Å².